The molecule has 2 unspecified atom stereocenters. The van der Waals surface area contributed by atoms with E-state index in [1.807, 2.05) is 18.2 Å². The van der Waals surface area contributed by atoms with Crippen molar-refractivity contribution in [1.29, 1.82) is 5.26 Å². The molecule has 2 aliphatic carbocycles. The van der Waals surface area contributed by atoms with Gasteiger partial charge in [-0.3, -0.25) is 0 Å². The van der Waals surface area contributed by atoms with Crippen LogP contribution in [0.5, 0.6) is 0 Å². The molecule has 66 valence electrons. The van der Waals surface area contributed by atoms with Gasteiger partial charge in [0.1, 0.15) is 0 Å². The largest absolute Gasteiger partial charge is 0.192 e. The van der Waals surface area contributed by atoms with E-state index in [1.54, 1.807) is 0 Å². The van der Waals surface area contributed by atoms with Gasteiger partial charge in [0, 0.05) is 11.8 Å². The normalized spacial score (nSPS) is 26.6. The van der Waals surface area contributed by atoms with Gasteiger partial charge in [-0.15, -0.1) is 0 Å². The number of rotatable bonds is 0. The van der Waals surface area contributed by atoms with Crippen LogP contribution in [0.1, 0.15) is 17.0 Å². The van der Waals surface area contributed by atoms with Crippen molar-refractivity contribution in [3.63, 3.8) is 0 Å². The Morgan fingerprint density at radius 3 is 2.71 bits per heavy atom. The fourth-order valence-electron chi connectivity index (χ4n) is 2.23. The van der Waals surface area contributed by atoms with Gasteiger partial charge in [0.15, 0.2) is 0 Å². The summed E-state index contributed by atoms with van der Waals surface area (Å²) in [4.78, 5) is 0. The molecule has 0 saturated heterocycles. The van der Waals surface area contributed by atoms with Crippen LogP contribution in [-0.4, -0.2) is 0 Å². The van der Waals surface area contributed by atoms with Crippen molar-refractivity contribution in [3.05, 3.63) is 53.6 Å². The van der Waals surface area contributed by atoms with E-state index in [9.17, 15) is 0 Å². The zero-order valence-corrected chi connectivity index (χ0v) is 7.64. The molecule has 0 aromatic heterocycles. The lowest BCUT2D eigenvalue weighted by molar-refractivity contribution is 0.634. The molecule has 14 heavy (non-hydrogen) atoms. The highest BCUT2D eigenvalue weighted by Gasteiger charge is 2.30. The van der Waals surface area contributed by atoms with Gasteiger partial charge >= 0.3 is 0 Å². The number of allylic oxidation sites excluding steroid dienone is 4. The first-order valence-corrected chi connectivity index (χ1v) is 4.79. The summed E-state index contributed by atoms with van der Waals surface area (Å²) in [6.45, 7) is 0. The Balaban J connectivity index is 2.26. The monoisotopic (exact) mass is 179 g/mol. The number of hydrogen-bond donors (Lipinski definition) is 0. The van der Waals surface area contributed by atoms with E-state index in [1.165, 1.54) is 5.56 Å². The number of benzene rings is 1. The predicted molar refractivity (Wildman–Crippen MR) is 55.4 cm³/mol. The van der Waals surface area contributed by atoms with Gasteiger partial charge in [-0.05, 0) is 11.1 Å². The van der Waals surface area contributed by atoms with E-state index in [0.29, 0.717) is 11.8 Å². The molecule has 0 heterocycles. The Kier molecular flexibility index (Phi) is 1.40. The third kappa shape index (κ3) is 0.831. The highest BCUT2D eigenvalue weighted by molar-refractivity contribution is 5.82. The summed E-state index contributed by atoms with van der Waals surface area (Å²) < 4.78 is 0. The zero-order valence-electron chi connectivity index (χ0n) is 7.64. The van der Waals surface area contributed by atoms with E-state index < -0.39 is 0 Å². The van der Waals surface area contributed by atoms with Crippen LogP contribution >= 0.6 is 0 Å². The average molecular weight is 179 g/mol. The molecule has 2 atom stereocenters. The molecule has 0 saturated carbocycles. The molecule has 0 N–H and O–H groups in total. The van der Waals surface area contributed by atoms with Crippen LogP contribution in [0.3, 0.4) is 0 Å². The fraction of sp³-hybridized carbons (Fsp3) is 0.154. The third-order valence-electron chi connectivity index (χ3n) is 3.04. The van der Waals surface area contributed by atoms with Crippen molar-refractivity contribution >= 4 is 5.57 Å². The van der Waals surface area contributed by atoms with Gasteiger partial charge in [0.25, 0.3) is 0 Å². The van der Waals surface area contributed by atoms with Crippen molar-refractivity contribution < 1.29 is 0 Å². The van der Waals surface area contributed by atoms with Crippen molar-refractivity contribution in [2.24, 2.45) is 5.92 Å². The van der Waals surface area contributed by atoms with Gasteiger partial charge in [-0.2, -0.15) is 5.26 Å². The summed E-state index contributed by atoms with van der Waals surface area (Å²) in [5, 5.41) is 9.02. The van der Waals surface area contributed by atoms with Gasteiger partial charge in [0.2, 0.25) is 0 Å². The number of nitriles is 1. The lowest BCUT2D eigenvalue weighted by atomic mass is 9.70. The minimum absolute atomic E-state index is 0.458. The first kappa shape index (κ1) is 7.58. The maximum Gasteiger partial charge on any atom is 0.0994 e. The lowest BCUT2D eigenvalue weighted by Gasteiger charge is -2.33. The number of hydrogen-bond acceptors (Lipinski definition) is 1. The SMILES string of the molecule is N#CC1=CC2C=CC2c2ccccc21. The summed E-state index contributed by atoms with van der Waals surface area (Å²) in [6, 6.07) is 10.5. The Hall–Kier alpha value is -1.81. The minimum Gasteiger partial charge on any atom is -0.192 e. The molecule has 3 rings (SSSR count). The Labute approximate surface area is 83.0 Å². The third-order valence-corrected chi connectivity index (χ3v) is 3.04. The molecule has 0 bridgehead atoms. The summed E-state index contributed by atoms with van der Waals surface area (Å²) in [7, 11) is 0. The second-order valence-electron chi connectivity index (χ2n) is 3.77. The lowest BCUT2D eigenvalue weighted by Crippen LogP contribution is -2.19. The molecular weight excluding hydrogens is 170 g/mol. The van der Waals surface area contributed by atoms with Gasteiger partial charge in [-0.25, -0.2) is 0 Å². The number of fused-ring (bicyclic) bond motifs is 3. The van der Waals surface area contributed by atoms with E-state index in [4.69, 9.17) is 5.26 Å². The molecule has 0 amide bonds. The van der Waals surface area contributed by atoms with E-state index in [0.717, 1.165) is 11.1 Å². The Morgan fingerprint density at radius 2 is 2.00 bits per heavy atom. The molecule has 0 radical (unpaired) electrons. The van der Waals surface area contributed by atoms with Crippen LogP contribution in [0.15, 0.2) is 42.5 Å². The summed E-state index contributed by atoms with van der Waals surface area (Å²) in [6.07, 6.45) is 6.46. The highest BCUT2D eigenvalue weighted by atomic mass is 14.4. The topological polar surface area (TPSA) is 23.8 Å². The maximum atomic E-state index is 9.02. The maximum absolute atomic E-state index is 9.02. The second kappa shape index (κ2) is 2.59. The quantitative estimate of drug-likeness (QED) is 0.562. The van der Waals surface area contributed by atoms with Crippen molar-refractivity contribution in [1.82, 2.24) is 0 Å². The van der Waals surface area contributed by atoms with Crippen molar-refractivity contribution in [2.75, 3.05) is 0 Å². The van der Waals surface area contributed by atoms with Crippen LogP contribution in [0, 0.1) is 17.2 Å². The van der Waals surface area contributed by atoms with Crippen LogP contribution in [-0.2, 0) is 0 Å². The molecule has 0 fully saturated rings. The predicted octanol–water partition coefficient (Wildman–Crippen LogP) is 2.88. The first-order chi connectivity index (χ1) is 6.90. The highest BCUT2D eigenvalue weighted by Crippen LogP contribution is 2.44. The zero-order chi connectivity index (χ0) is 9.54. The van der Waals surface area contributed by atoms with Crippen LogP contribution < -0.4 is 0 Å². The summed E-state index contributed by atoms with van der Waals surface area (Å²) >= 11 is 0. The molecule has 1 heteroatoms. The van der Waals surface area contributed by atoms with E-state index in [2.05, 4.69) is 30.4 Å². The summed E-state index contributed by atoms with van der Waals surface area (Å²) in [5.74, 6) is 0.975. The minimum atomic E-state index is 0.458. The molecule has 2 aliphatic rings. The van der Waals surface area contributed by atoms with Crippen molar-refractivity contribution in [3.8, 4) is 6.07 Å². The fourth-order valence-corrected chi connectivity index (χ4v) is 2.23. The van der Waals surface area contributed by atoms with Gasteiger partial charge in [-0.1, -0.05) is 42.5 Å². The van der Waals surface area contributed by atoms with Crippen LogP contribution in [0.25, 0.3) is 5.57 Å². The number of nitrogens with zero attached hydrogens (tertiary/aromatic N) is 1. The molecule has 1 nitrogen and oxygen atoms in total. The van der Waals surface area contributed by atoms with Crippen LogP contribution in [0.4, 0.5) is 0 Å². The molecule has 1 aromatic carbocycles. The molecule has 0 spiro atoms. The van der Waals surface area contributed by atoms with Crippen molar-refractivity contribution in [2.45, 2.75) is 5.92 Å². The summed E-state index contributed by atoms with van der Waals surface area (Å²) in [5.41, 5.74) is 3.24. The van der Waals surface area contributed by atoms with Crippen LogP contribution in [0.2, 0.25) is 0 Å². The second-order valence-corrected chi connectivity index (χ2v) is 3.77. The molecule has 1 aromatic rings. The van der Waals surface area contributed by atoms with E-state index >= 15 is 0 Å². The van der Waals surface area contributed by atoms with Gasteiger partial charge in [0.05, 0.1) is 11.6 Å². The molecular formula is C13H9N. The Bertz CT molecular complexity index is 488. The average Bonchev–Trinajstić information content (AvgIpc) is 2.18. The van der Waals surface area contributed by atoms with E-state index in [-0.39, 0.29) is 0 Å². The molecule has 0 aliphatic heterocycles. The Morgan fingerprint density at radius 1 is 1.14 bits per heavy atom. The standard InChI is InChI=1S/C13H9N/c14-8-10-7-9-5-6-12(9)13-4-2-1-3-11(10)13/h1-7,9,12H. The first-order valence-electron chi connectivity index (χ1n) is 4.79. The van der Waals surface area contributed by atoms with Gasteiger partial charge < -0.3 is 0 Å². The smallest absolute Gasteiger partial charge is 0.0994 e.